The highest BCUT2D eigenvalue weighted by Crippen LogP contribution is 2.20. The van der Waals surface area contributed by atoms with E-state index in [9.17, 15) is 14.0 Å². The van der Waals surface area contributed by atoms with Gasteiger partial charge in [0.05, 0.1) is 28.7 Å². The lowest BCUT2D eigenvalue weighted by atomic mass is 10.1. The Hall–Kier alpha value is -4.26. The number of hydrogen-bond donors (Lipinski definition) is 2. The smallest absolute Gasteiger partial charge is 0.259 e. The van der Waals surface area contributed by atoms with Gasteiger partial charge in [0.1, 0.15) is 11.5 Å². The lowest BCUT2D eigenvalue weighted by Crippen LogP contribution is -2.25. The SMILES string of the molecule is Cc1ccc(CNC(=O)c2ccccc2NC(=O)c2cnn(-c3ccccc3F)c2C)cc1. The van der Waals surface area contributed by atoms with Gasteiger partial charge in [-0.25, -0.2) is 9.07 Å². The second kappa shape index (κ2) is 9.48. The maximum absolute atomic E-state index is 14.2. The molecule has 4 rings (SSSR count). The number of nitrogens with zero attached hydrogens (tertiary/aromatic N) is 2. The fraction of sp³-hybridized carbons (Fsp3) is 0.115. The fourth-order valence-electron chi connectivity index (χ4n) is 3.46. The van der Waals surface area contributed by atoms with Gasteiger partial charge >= 0.3 is 0 Å². The van der Waals surface area contributed by atoms with E-state index in [1.54, 1.807) is 49.4 Å². The van der Waals surface area contributed by atoms with Crippen LogP contribution in [-0.4, -0.2) is 21.6 Å². The monoisotopic (exact) mass is 442 g/mol. The molecule has 0 saturated heterocycles. The predicted molar refractivity (Wildman–Crippen MR) is 125 cm³/mol. The molecule has 1 heterocycles. The number of amides is 2. The van der Waals surface area contributed by atoms with Gasteiger partial charge in [0, 0.05) is 6.54 Å². The average Bonchev–Trinajstić information content (AvgIpc) is 3.20. The van der Waals surface area contributed by atoms with Gasteiger partial charge in [-0.15, -0.1) is 0 Å². The van der Waals surface area contributed by atoms with E-state index in [0.717, 1.165) is 11.1 Å². The van der Waals surface area contributed by atoms with Crippen LogP contribution in [0.5, 0.6) is 0 Å². The minimum absolute atomic E-state index is 0.255. The number of carbonyl (C=O) groups excluding carboxylic acids is 2. The number of benzene rings is 3. The largest absolute Gasteiger partial charge is 0.348 e. The molecule has 3 aromatic carbocycles. The lowest BCUT2D eigenvalue weighted by molar-refractivity contribution is 0.0952. The summed E-state index contributed by atoms with van der Waals surface area (Å²) in [7, 11) is 0. The minimum atomic E-state index is -0.439. The quantitative estimate of drug-likeness (QED) is 0.450. The first-order chi connectivity index (χ1) is 15.9. The van der Waals surface area contributed by atoms with Crippen LogP contribution in [0.1, 0.15) is 37.5 Å². The van der Waals surface area contributed by atoms with E-state index in [-0.39, 0.29) is 17.2 Å². The average molecular weight is 442 g/mol. The number of para-hydroxylation sites is 2. The van der Waals surface area contributed by atoms with Gasteiger partial charge < -0.3 is 10.6 Å². The minimum Gasteiger partial charge on any atom is -0.348 e. The first-order valence-electron chi connectivity index (χ1n) is 10.5. The Kier molecular flexibility index (Phi) is 6.31. The molecule has 0 spiro atoms. The molecule has 0 saturated carbocycles. The van der Waals surface area contributed by atoms with Crippen molar-refractivity contribution in [1.82, 2.24) is 15.1 Å². The summed E-state index contributed by atoms with van der Waals surface area (Å²) in [6, 6.07) is 20.9. The van der Waals surface area contributed by atoms with E-state index in [2.05, 4.69) is 15.7 Å². The van der Waals surface area contributed by atoms with Crippen LogP contribution in [0.15, 0.2) is 79.0 Å². The van der Waals surface area contributed by atoms with E-state index in [1.165, 1.54) is 16.9 Å². The summed E-state index contributed by atoms with van der Waals surface area (Å²) >= 11 is 0. The summed E-state index contributed by atoms with van der Waals surface area (Å²) in [5, 5.41) is 9.84. The fourth-order valence-corrected chi connectivity index (χ4v) is 3.46. The van der Waals surface area contributed by atoms with E-state index < -0.39 is 11.7 Å². The Morgan fingerprint density at radius 1 is 0.879 bits per heavy atom. The lowest BCUT2D eigenvalue weighted by Gasteiger charge is -2.12. The highest BCUT2D eigenvalue weighted by Gasteiger charge is 2.19. The van der Waals surface area contributed by atoms with E-state index in [0.29, 0.717) is 23.5 Å². The van der Waals surface area contributed by atoms with Gasteiger partial charge in [-0.2, -0.15) is 5.10 Å². The molecule has 0 fully saturated rings. The summed E-state index contributed by atoms with van der Waals surface area (Å²) in [5.41, 5.74) is 3.87. The molecule has 33 heavy (non-hydrogen) atoms. The maximum Gasteiger partial charge on any atom is 0.259 e. The number of anilines is 1. The molecule has 2 amide bonds. The van der Waals surface area contributed by atoms with Crippen molar-refractivity contribution in [1.29, 1.82) is 0 Å². The third kappa shape index (κ3) is 4.82. The van der Waals surface area contributed by atoms with Crippen LogP contribution in [0.25, 0.3) is 5.69 Å². The predicted octanol–water partition coefficient (Wildman–Crippen LogP) is 4.81. The van der Waals surface area contributed by atoms with Crippen LogP contribution < -0.4 is 10.6 Å². The molecule has 4 aromatic rings. The number of aryl methyl sites for hydroxylation is 1. The topological polar surface area (TPSA) is 76.0 Å². The van der Waals surface area contributed by atoms with Crippen LogP contribution in [0.2, 0.25) is 0 Å². The van der Waals surface area contributed by atoms with E-state index in [4.69, 9.17) is 0 Å². The Labute approximate surface area is 191 Å². The second-order valence-corrected chi connectivity index (χ2v) is 7.67. The van der Waals surface area contributed by atoms with Crippen molar-refractivity contribution in [2.24, 2.45) is 0 Å². The molecule has 166 valence electrons. The molecule has 7 heteroatoms. The molecule has 0 radical (unpaired) electrons. The summed E-state index contributed by atoms with van der Waals surface area (Å²) in [6.07, 6.45) is 1.39. The zero-order valence-electron chi connectivity index (χ0n) is 18.3. The van der Waals surface area contributed by atoms with Crippen LogP contribution in [0.3, 0.4) is 0 Å². The van der Waals surface area contributed by atoms with Crippen LogP contribution in [-0.2, 0) is 6.54 Å². The van der Waals surface area contributed by atoms with Gasteiger partial charge in [0.2, 0.25) is 0 Å². The highest BCUT2D eigenvalue weighted by atomic mass is 19.1. The third-order valence-corrected chi connectivity index (χ3v) is 5.33. The standard InChI is InChI=1S/C26H23FN4O2/c1-17-11-13-19(14-12-17)15-28-25(32)20-7-3-5-9-23(20)30-26(33)21-16-29-31(18(21)2)24-10-6-4-8-22(24)27/h3-14,16H,15H2,1-2H3,(H,28,32)(H,30,33). The molecule has 2 N–H and O–H groups in total. The van der Waals surface area contributed by atoms with Gasteiger partial charge in [-0.05, 0) is 43.7 Å². The number of carbonyl (C=O) groups is 2. The van der Waals surface area contributed by atoms with E-state index in [1.807, 2.05) is 31.2 Å². The van der Waals surface area contributed by atoms with Crippen molar-refractivity contribution in [3.8, 4) is 5.69 Å². The zero-order valence-corrected chi connectivity index (χ0v) is 18.3. The Morgan fingerprint density at radius 3 is 2.33 bits per heavy atom. The van der Waals surface area contributed by atoms with Crippen molar-refractivity contribution in [2.45, 2.75) is 20.4 Å². The highest BCUT2D eigenvalue weighted by molar-refractivity contribution is 6.09. The van der Waals surface area contributed by atoms with E-state index >= 15 is 0 Å². The Balaban J connectivity index is 1.51. The van der Waals surface area contributed by atoms with Gasteiger partial charge in [0.15, 0.2) is 0 Å². The molecule has 0 aliphatic carbocycles. The van der Waals surface area contributed by atoms with Crippen LogP contribution in [0, 0.1) is 19.7 Å². The summed E-state index contributed by atoms with van der Waals surface area (Å²) < 4.78 is 15.5. The number of halogens is 1. The number of hydrogen-bond acceptors (Lipinski definition) is 3. The number of aromatic nitrogens is 2. The molecule has 0 aliphatic heterocycles. The molecule has 0 bridgehead atoms. The van der Waals surface area contributed by atoms with Gasteiger partial charge in [0.25, 0.3) is 11.8 Å². The summed E-state index contributed by atoms with van der Waals surface area (Å²) in [6.45, 7) is 4.06. The first kappa shape index (κ1) is 22.0. The molecule has 0 unspecified atom stereocenters. The second-order valence-electron chi connectivity index (χ2n) is 7.67. The van der Waals surface area contributed by atoms with Crippen LogP contribution >= 0.6 is 0 Å². The Bertz CT molecular complexity index is 1310. The van der Waals surface area contributed by atoms with Crippen molar-refractivity contribution in [2.75, 3.05) is 5.32 Å². The summed E-state index contributed by atoms with van der Waals surface area (Å²) in [5.74, 6) is -1.18. The molecule has 6 nitrogen and oxygen atoms in total. The normalized spacial score (nSPS) is 10.6. The first-order valence-corrected chi connectivity index (χ1v) is 10.5. The third-order valence-electron chi connectivity index (χ3n) is 5.33. The van der Waals surface area contributed by atoms with Crippen molar-refractivity contribution >= 4 is 17.5 Å². The number of rotatable bonds is 6. The van der Waals surface area contributed by atoms with Crippen molar-refractivity contribution in [3.05, 3.63) is 113 Å². The van der Waals surface area contributed by atoms with Crippen molar-refractivity contribution in [3.63, 3.8) is 0 Å². The maximum atomic E-state index is 14.2. The number of nitrogens with one attached hydrogen (secondary N) is 2. The molecular weight excluding hydrogens is 419 g/mol. The summed E-state index contributed by atoms with van der Waals surface area (Å²) in [4.78, 5) is 25.8. The molecular formula is C26H23FN4O2. The Morgan fingerprint density at radius 2 is 1.58 bits per heavy atom. The molecule has 0 atom stereocenters. The van der Waals surface area contributed by atoms with Gasteiger partial charge in [-0.3, -0.25) is 9.59 Å². The molecule has 0 aliphatic rings. The van der Waals surface area contributed by atoms with Gasteiger partial charge in [-0.1, -0.05) is 54.1 Å². The molecule has 1 aromatic heterocycles. The van der Waals surface area contributed by atoms with Crippen LogP contribution in [0.4, 0.5) is 10.1 Å². The zero-order chi connectivity index (χ0) is 23.4. The van der Waals surface area contributed by atoms with Crippen molar-refractivity contribution < 1.29 is 14.0 Å².